The SMILES string of the molecule is COC(=O)c1ccc2c(=O)n(-c3ccc(C(=O)NCc4ccc(OC)c(OC)c4)cc3)c(=S)[nH]c2c1. The van der Waals surface area contributed by atoms with E-state index in [9.17, 15) is 14.4 Å². The van der Waals surface area contributed by atoms with Gasteiger partial charge in [0.15, 0.2) is 16.3 Å². The number of carbonyl (C=O) groups is 2. The van der Waals surface area contributed by atoms with Crippen LogP contribution in [0.3, 0.4) is 0 Å². The molecule has 0 aliphatic heterocycles. The molecule has 2 N–H and O–H groups in total. The Hall–Kier alpha value is -4.44. The summed E-state index contributed by atoms with van der Waals surface area (Å²) in [4.78, 5) is 40.6. The molecular formula is C26H23N3O6S. The number of hydrogen-bond acceptors (Lipinski definition) is 7. The number of fused-ring (bicyclic) bond motifs is 1. The van der Waals surface area contributed by atoms with Crippen molar-refractivity contribution in [1.82, 2.24) is 14.9 Å². The summed E-state index contributed by atoms with van der Waals surface area (Å²) in [6, 6.07) is 16.5. The van der Waals surface area contributed by atoms with E-state index < -0.39 is 5.97 Å². The second-order valence-corrected chi connectivity index (χ2v) is 8.13. The zero-order chi connectivity index (χ0) is 25.8. The molecule has 0 unspecified atom stereocenters. The minimum atomic E-state index is -0.514. The first kappa shape index (κ1) is 24.7. The number of amides is 1. The van der Waals surface area contributed by atoms with Crippen LogP contribution in [-0.2, 0) is 11.3 Å². The predicted molar refractivity (Wildman–Crippen MR) is 137 cm³/mol. The van der Waals surface area contributed by atoms with Gasteiger partial charge in [-0.25, -0.2) is 4.79 Å². The summed E-state index contributed by atoms with van der Waals surface area (Å²) < 4.78 is 16.7. The first-order valence-electron chi connectivity index (χ1n) is 10.8. The van der Waals surface area contributed by atoms with E-state index in [1.165, 1.54) is 23.8 Å². The highest BCUT2D eigenvalue weighted by atomic mass is 32.1. The Morgan fingerprint density at radius 1 is 0.917 bits per heavy atom. The van der Waals surface area contributed by atoms with Crippen molar-refractivity contribution in [3.63, 3.8) is 0 Å². The van der Waals surface area contributed by atoms with E-state index in [4.69, 9.17) is 26.4 Å². The fraction of sp³-hybridized carbons (Fsp3) is 0.154. The lowest BCUT2D eigenvalue weighted by atomic mass is 10.1. The summed E-state index contributed by atoms with van der Waals surface area (Å²) in [5.74, 6) is 0.393. The molecule has 0 saturated carbocycles. The zero-order valence-corrected chi connectivity index (χ0v) is 20.6. The first-order valence-corrected chi connectivity index (χ1v) is 11.2. The van der Waals surface area contributed by atoms with Gasteiger partial charge in [-0.3, -0.25) is 14.2 Å². The molecule has 1 aromatic heterocycles. The average molecular weight is 506 g/mol. The lowest BCUT2D eigenvalue weighted by Crippen LogP contribution is -2.23. The van der Waals surface area contributed by atoms with Crippen molar-refractivity contribution in [3.05, 3.63) is 92.5 Å². The van der Waals surface area contributed by atoms with Gasteiger partial charge in [0, 0.05) is 12.1 Å². The number of H-pyrrole nitrogens is 1. The molecule has 0 fully saturated rings. The molecule has 10 heteroatoms. The van der Waals surface area contributed by atoms with E-state index in [1.807, 2.05) is 6.07 Å². The number of esters is 1. The molecule has 0 aliphatic carbocycles. The number of ether oxygens (including phenoxy) is 3. The molecule has 9 nitrogen and oxygen atoms in total. The van der Waals surface area contributed by atoms with Crippen molar-refractivity contribution in [2.24, 2.45) is 0 Å². The van der Waals surface area contributed by atoms with E-state index in [0.717, 1.165) is 5.56 Å². The maximum atomic E-state index is 13.1. The quantitative estimate of drug-likeness (QED) is 0.290. The number of nitrogens with zero attached hydrogens (tertiary/aromatic N) is 1. The number of nitrogens with one attached hydrogen (secondary N) is 2. The number of benzene rings is 3. The largest absolute Gasteiger partial charge is 0.493 e. The third kappa shape index (κ3) is 4.84. The molecule has 1 amide bonds. The molecule has 36 heavy (non-hydrogen) atoms. The fourth-order valence-electron chi connectivity index (χ4n) is 3.73. The molecular weight excluding hydrogens is 482 g/mol. The van der Waals surface area contributed by atoms with Crippen molar-refractivity contribution in [3.8, 4) is 17.2 Å². The van der Waals surface area contributed by atoms with Gasteiger partial charge in [-0.1, -0.05) is 6.07 Å². The topological polar surface area (TPSA) is 112 Å². The van der Waals surface area contributed by atoms with Gasteiger partial charge >= 0.3 is 5.97 Å². The summed E-state index contributed by atoms with van der Waals surface area (Å²) in [6.07, 6.45) is 0. The van der Waals surface area contributed by atoms with Crippen LogP contribution >= 0.6 is 12.2 Å². The Kier molecular flexibility index (Phi) is 7.16. The second-order valence-electron chi connectivity index (χ2n) is 7.74. The fourth-order valence-corrected chi connectivity index (χ4v) is 4.03. The van der Waals surface area contributed by atoms with Gasteiger partial charge in [0.05, 0.1) is 43.5 Å². The van der Waals surface area contributed by atoms with Crippen molar-refractivity contribution >= 4 is 35.0 Å². The van der Waals surface area contributed by atoms with E-state index in [-0.39, 0.29) is 16.2 Å². The average Bonchev–Trinajstić information content (AvgIpc) is 2.91. The Morgan fingerprint density at radius 2 is 1.61 bits per heavy atom. The smallest absolute Gasteiger partial charge is 0.337 e. The van der Waals surface area contributed by atoms with Crippen LogP contribution in [0.2, 0.25) is 0 Å². The zero-order valence-electron chi connectivity index (χ0n) is 19.8. The number of rotatable bonds is 7. The number of hydrogen-bond donors (Lipinski definition) is 2. The van der Waals surface area contributed by atoms with Gasteiger partial charge in [0.2, 0.25) is 0 Å². The van der Waals surface area contributed by atoms with Crippen LogP contribution in [0.15, 0.2) is 65.5 Å². The van der Waals surface area contributed by atoms with Gasteiger partial charge in [-0.2, -0.15) is 0 Å². The minimum absolute atomic E-state index is 0.153. The number of carbonyl (C=O) groups excluding carboxylic acids is 2. The Balaban J connectivity index is 1.55. The van der Waals surface area contributed by atoms with E-state index in [0.29, 0.717) is 45.8 Å². The maximum Gasteiger partial charge on any atom is 0.337 e. The van der Waals surface area contributed by atoms with Crippen LogP contribution in [0.25, 0.3) is 16.6 Å². The highest BCUT2D eigenvalue weighted by molar-refractivity contribution is 7.71. The number of aromatic nitrogens is 2. The Morgan fingerprint density at radius 3 is 2.28 bits per heavy atom. The van der Waals surface area contributed by atoms with Gasteiger partial charge < -0.3 is 24.5 Å². The van der Waals surface area contributed by atoms with Crippen LogP contribution in [0.5, 0.6) is 11.5 Å². The third-order valence-corrected chi connectivity index (χ3v) is 5.89. The maximum absolute atomic E-state index is 13.1. The summed E-state index contributed by atoms with van der Waals surface area (Å²) >= 11 is 5.40. The van der Waals surface area contributed by atoms with Crippen LogP contribution < -0.4 is 20.3 Å². The molecule has 3 aromatic carbocycles. The third-order valence-electron chi connectivity index (χ3n) is 5.61. The molecule has 0 spiro atoms. The molecule has 0 aliphatic rings. The molecule has 0 saturated heterocycles. The Labute approximate surface area is 211 Å². The molecule has 0 atom stereocenters. The van der Waals surface area contributed by atoms with E-state index in [1.54, 1.807) is 56.7 Å². The lowest BCUT2D eigenvalue weighted by molar-refractivity contribution is 0.0600. The van der Waals surface area contributed by atoms with Crippen LogP contribution in [0, 0.1) is 4.77 Å². The summed E-state index contributed by atoms with van der Waals surface area (Å²) in [6.45, 7) is 0.296. The van der Waals surface area contributed by atoms with E-state index in [2.05, 4.69) is 10.3 Å². The Bertz CT molecular complexity index is 1570. The second kappa shape index (κ2) is 10.4. The van der Waals surface area contributed by atoms with Gasteiger partial charge in [-0.15, -0.1) is 0 Å². The van der Waals surface area contributed by atoms with Crippen LogP contribution in [-0.4, -0.2) is 42.8 Å². The molecule has 4 rings (SSSR count). The molecule has 184 valence electrons. The molecule has 0 bridgehead atoms. The first-order chi connectivity index (χ1) is 17.4. The minimum Gasteiger partial charge on any atom is -0.493 e. The van der Waals surface area contributed by atoms with Crippen molar-refractivity contribution in [2.45, 2.75) is 6.54 Å². The van der Waals surface area contributed by atoms with Crippen molar-refractivity contribution in [1.29, 1.82) is 0 Å². The number of aromatic amines is 1. The van der Waals surface area contributed by atoms with Crippen LogP contribution in [0.1, 0.15) is 26.3 Å². The highest BCUT2D eigenvalue weighted by Gasteiger charge is 2.13. The summed E-state index contributed by atoms with van der Waals surface area (Å²) in [5, 5.41) is 3.22. The van der Waals surface area contributed by atoms with Gasteiger partial charge in [-0.05, 0) is 72.4 Å². The molecule has 1 heterocycles. The van der Waals surface area contributed by atoms with Crippen LogP contribution in [0.4, 0.5) is 0 Å². The van der Waals surface area contributed by atoms with Crippen molar-refractivity contribution in [2.75, 3.05) is 21.3 Å². The number of methoxy groups -OCH3 is 3. The normalized spacial score (nSPS) is 10.6. The van der Waals surface area contributed by atoms with Gasteiger partial charge in [0.25, 0.3) is 11.5 Å². The summed E-state index contributed by atoms with van der Waals surface area (Å²) in [7, 11) is 4.39. The lowest BCUT2D eigenvalue weighted by Gasteiger charge is -2.11. The predicted octanol–water partition coefficient (Wildman–Crippen LogP) is 3.78. The summed E-state index contributed by atoms with van der Waals surface area (Å²) in [5.41, 5.74) is 2.15. The standard InChI is InChI=1S/C26H23N3O6S/c1-33-21-11-4-15(12-22(21)34-2)14-27-23(30)16-5-8-18(9-6-16)29-24(31)19-10-7-17(25(32)35-3)13-20(19)28-26(29)36/h4-13H,14H2,1-3H3,(H,27,30)(H,28,36). The van der Waals surface area contributed by atoms with Crippen molar-refractivity contribution < 1.29 is 23.8 Å². The highest BCUT2D eigenvalue weighted by Crippen LogP contribution is 2.27. The monoisotopic (exact) mass is 505 g/mol. The van der Waals surface area contributed by atoms with Gasteiger partial charge in [0.1, 0.15) is 0 Å². The van der Waals surface area contributed by atoms with E-state index >= 15 is 0 Å². The molecule has 0 radical (unpaired) electrons. The molecule has 4 aromatic rings.